The number of aryl methyl sites for hydroxylation is 1. The Balaban J connectivity index is 1.19. The minimum absolute atomic E-state index is 0.0927. The van der Waals surface area contributed by atoms with Gasteiger partial charge in [0.25, 0.3) is 11.7 Å². The Morgan fingerprint density at radius 1 is 1.33 bits per heavy atom. The van der Waals surface area contributed by atoms with E-state index in [2.05, 4.69) is 30.7 Å². The van der Waals surface area contributed by atoms with E-state index in [1.54, 1.807) is 25.4 Å². The van der Waals surface area contributed by atoms with Gasteiger partial charge in [-0.15, -0.1) is 5.10 Å². The maximum absolute atomic E-state index is 12.1. The zero-order valence-electron chi connectivity index (χ0n) is 14.8. The van der Waals surface area contributed by atoms with Crippen LogP contribution in [0.1, 0.15) is 34.9 Å². The smallest absolute Gasteiger partial charge is 0.289 e. The van der Waals surface area contributed by atoms with E-state index in [-0.39, 0.29) is 30.0 Å². The molecule has 140 valence electrons. The fraction of sp³-hybridized carbons (Fsp3) is 0.412. The summed E-state index contributed by atoms with van der Waals surface area (Å²) in [5, 5.41) is 10.0. The van der Waals surface area contributed by atoms with E-state index in [0.29, 0.717) is 29.8 Å². The second-order valence-electron chi connectivity index (χ2n) is 6.65. The van der Waals surface area contributed by atoms with Crippen molar-refractivity contribution in [2.24, 2.45) is 5.92 Å². The van der Waals surface area contributed by atoms with Gasteiger partial charge in [0.1, 0.15) is 0 Å². The molecule has 3 heterocycles. The molecule has 3 aromatic rings. The quantitative estimate of drug-likeness (QED) is 0.639. The molecule has 2 amide bonds. The van der Waals surface area contributed by atoms with Crippen molar-refractivity contribution in [1.29, 1.82) is 0 Å². The second kappa shape index (κ2) is 7.14. The lowest BCUT2D eigenvalue weighted by Crippen LogP contribution is -2.47. The number of carbonyl (C=O) groups excluding carboxylic acids is 2. The Hall–Kier alpha value is -3.30. The molecular formula is C17H19N7O3. The van der Waals surface area contributed by atoms with Crippen LogP contribution in [-0.4, -0.2) is 49.0 Å². The van der Waals surface area contributed by atoms with Crippen molar-refractivity contribution in [2.75, 3.05) is 6.54 Å². The summed E-state index contributed by atoms with van der Waals surface area (Å²) in [5.41, 5.74) is 0.575. The average molecular weight is 369 g/mol. The molecule has 0 atom stereocenters. The summed E-state index contributed by atoms with van der Waals surface area (Å²) in [4.78, 5) is 36.3. The van der Waals surface area contributed by atoms with Crippen LogP contribution in [0.25, 0.3) is 5.78 Å². The van der Waals surface area contributed by atoms with E-state index in [1.807, 2.05) is 0 Å². The Morgan fingerprint density at radius 3 is 2.93 bits per heavy atom. The van der Waals surface area contributed by atoms with Crippen molar-refractivity contribution in [3.8, 4) is 0 Å². The molecule has 1 fully saturated rings. The Labute approximate surface area is 154 Å². The summed E-state index contributed by atoms with van der Waals surface area (Å²) in [7, 11) is 0. The van der Waals surface area contributed by atoms with E-state index in [1.165, 1.54) is 10.9 Å². The second-order valence-corrected chi connectivity index (χ2v) is 6.65. The molecular weight excluding hydrogens is 350 g/mol. The zero-order chi connectivity index (χ0) is 18.8. The van der Waals surface area contributed by atoms with Gasteiger partial charge < -0.3 is 15.1 Å². The lowest BCUT2D eigenvalue weighted by molar-refractivity contribution is -0.120. The van der Waals surface area contributed by atoms with Gasteiger partial charge in [0.2, 0.25) is 11.7 Å². The van der Waals surface area contributed by atoms with Crippen molar-refractivity contribution >= 4 is 17.6 Å². The number of hydrogen-bond acceptors (Lipinski definition) is 7. The number of hydrogen-bond donors (Lipinski definition) is 2. The standard InChI is InChI=1S/C17H19N7O3/c1-10-15(27-9-20-10)16(26)21-12-5-11(6-12)8-19-14(25)7-13-22-17-18-3-2-4-24(17)23-13/h2-4,9,11-12H,5-8H2,1H3,(H,19,25)(H,21,26). The molecule has 3 aromatic heterocycles. The highest BCUT2D eigenvalue weighted by Gasteiger charge is 2.31. The van der Waals surface area contributed by atoms with Crippen molar-refractivity contribution < 1.29 is 14.0 Å². The summed E-state index contributed by atoms with van der Waals surface area (Å²) in [5.74, 6) is 1.12. The maximum atomic E-state index is 12.1. The number of nitrogens with one attached hydrogen (secondary N) is 2. The molecule has 0 radical (unpaired) electrons. The predicted octanol–water partition coefficient (Wildman–Crippen LogP) is 0.288. The van der Waals surface area contributed by atoms with Crippen LogP contribution in [0.5, 0.6) is 0 Å². The van der Waals surface area contributed by atoms with Gasteiger partial charge in [-0.2, -0.15) is 4.98 Å². The van der Waals surface area contributed by atoms with Gasteiger partial charge in [0.15, 0.2) is 12.2 Å². The highest BCUT2D eigenvalue weighted by molar-refractivity contribution is 5.92. The van der Waals surface area contributed by atoms with Gasteiger partial charge >= 0.3 is 0 Å². The minimum Gasteiger partial charge on any atom is -0.438 e. The van der Waals surface area contributed by atoms with Gasteiger partial charge in [-0.25, -0.2) is 14.5 Å². The monoisotopic (exact) mass is 369 g/mol. The van der Waals surface area contributed by atoms with Gasteiger partial charge in [0, 0.05) is 25.0 Å². The molecule has 10 nitrogen and oxygen atoms in total. The van der Waals surface area contributed by atoms with Crippen LogP contribution >= 0.6 is 0 Å². The molecule has 2 N–H and O–H groups in total. The molecule has 27 heavy (non-hydrogen) atoms. The van der Waals surface area contributed by atoms with Gasteiger partial charge in [-0.05, 0) is 31.7 Å². The minimum atomic E-state index is -0.246. The van der Waals surface area contributed by atoms with E-state index < -0.39 is 0 Å². The lowest BCUT2D eigenvalue weighted by atomic mass is 9.80. The van der Waals surface area contributed by atoms with Crippen LogP contribution in [0.2, 0.25) is 0 Å². The topological polar surface area (TPSA) is 127 Å². The van der Waals surface area contributed by atoms with Crippen LogP contribution < -0.4 is 10.6 Å². The first-order valence-corrected chi connectivity index (χ1v) is 8.72. The van der Waals surface area contributed by atoms with E-state index in [9.17, 15) is 9.59 Å². The first-order valence-electron chi connectivity index (χ1n) is 8.72. The normalized spacial score (nSPS) is 18.9. The number of rotatable bonds is 6. The largest absolute Gasteiger partial charge is 0.438 e. The van der Waals surface area contributed by atoms with Gasteiger partial charge in [-0.3, -0.25) is 9.59 Å². The average Bonchev–Trinajstić information content (AvgIpc) is 3.21. The Kier molecular flexibility index (Phi) is 4.53. The van der Waals surface area contributed by atoms with Crippen LogP contribution in [0.15, 0.2) is 29.3 Å². The van der Waals surface area contributed by atoms with Crippen molar-refractivity contribution in [3.63, 3.8) is 0 Å². The maximum Gasteiger partial charge on any atom is 0.289 e. The van der Waals surface area contributed by atoms with Crippen LogP contribution in [0, 0.1) is 12.8 Å². The molecule has 0 spiro atoms. The first kappa shape index (κ1) is 17.1. The van der Waals surface area contributed by atoms with Gasteiger partial charge in [0.05, 0.1) is 12.1 Å². The van der Waals surface area contributed by atoms with Crippen molar-refractivity contribution in [1.82, 2.24) is 35.2 Å². The number of fused-ring (bicyclic) bond motifs is 1. The molecule has 0 aliphatic heterocycles. The number of carbonyl (C=O) groups is 2. The molecule has 0 unspecified atom stereocenters. The van der Waals surface area contributed by atoms with Crippen LogP contribution in [0.4, 0.5) is 0 Å². The van der Waals surface area contributed by atoms with E-state index >= 15 is 0 Å². The Morgan fingerprint density at radius 2 is 2.19 bits per heavy atom. The fourth-order valence-electron chi connectivity index (χ4n) is 3.11. The summed E-state index contributed by atoms with van der Waals surface area (Å²) < 4.78 is 6.62. The molecule has 0 bridgehead atoms. The van der Waals surface area contributed by atoms with E-state index in [0.717, 1.165) is 12.8 Å². The third-order valence-corrected chi connectivity index (χ3v) is 4.59. The van der Waals surface area contributed by atoms with Crippen molar-refractivity contribution in [2.45, 2.75) is 32.2 Å². The summed E-state index contributed by atoms with van der Waals surface area (Å²) >= 11 is 0. The fourth-order valence-corrected chi connectivity index (χ4v) is 3.11. The SMILES string of the molecule is Cc1ncoc1C(=O)NC1CC(CNC(=O)Cc2nc3ncccn3n2)C1. The molecule has 0 aromatic carbocycles. The number of amides is 2. The van der Waals surface area contributed by atoms with E-state index in [4.69, 9.17) is 4.42 Å². The third kappa shape index (κ3) is 3.78. The number of nitrogens with zero attached hydrogens (tertiary/aromatic N) is 5. The molecule has 0 saturated heterocycles. The molecule has 1 aliphatic rings. The predicted molar refractivity (Wildman–Crippen MR) is 92.7 cm³/mol. The van der Waals surface area contributed by atoms with Crippen molar-refractivity contribution in [3.05, 3.63) is 42.1 Å². The van der Waals surface area contributed by atoms with Crippen LogP contribution in [0.3, 0.4) is 0 Å². The molecule has 1 saturated carbocycles. The number of aromatic nitrogens is 5. The van der Waals surface area contributed by atoms with Gasteiger partial charge in [-0.1, -0.05) is 0 Å². The highest BCUT2D eigenvalue weighted by Crippen LogP contribution is 2.27. The lowest BCUT2D eigenvalue weighted by Gasteiger charge is -2.35. The highest BCUT2D eigenvalue weighted by atomic mass is 16.3. The molecule has 10 heteroatoms. The first-order chi connectivity index (χ1) is 13.1. The summed E-state index contributed by atoms with van der Waals surface area (Å²) in [6, 6.07) is 1.84. The number of oxazole rings is 1. The zero-order valence-corrected chi connectivity index (χ0v) is 14.8. The van der Waals surface area contributed by atoms with Crippen LogP contribution in [-0.2, 0) is 11.2 Å². The Bertz CT molecular complexity index is 941. The summed E-state index contributed by atoms with van der Waals surface area (Å²) in [6.07, 6.45) is 6.37. The summed E-state index contributed by atoms with van der Waals surface area (Å²) in [6.45, 7) is 2.30. The third-order valence-electron chi connectivity index (χ3n) is 4.59. The molecule has 4 rings (SSSR count). The molecule has 1 aliphatic carbocycles.